The minimum absolute atomic E-state index is 0. The number of amides is 2. The zero-order valence-corrected chi connectivity index (χ0v) is 17.2. The van der Waals surface area contributed by atoms with Crippen LogP contribution in [0.3, 0.4) is 0 Å². The summed E-state index contributed by atoms with van der Waals surface area (Å²) in [5, 5.41) is 5.34. The Bertz CT molecular complexity index is 796. The van der Waals surface area contributed by atoms with Gasteiger partial charge in [0.15, 0.2) is 0 Å². The van der Waals surface area contributed by atoms with Gasteiger partial charge in [0.2, 0.25) is 11.8 Å². The third kappa shape index (κ3) is 7.21. The van der Waals surface area contributed by atoms with Gasteiger partial charge in [-0.25, -0.2) is 0 Å². The van der Waals surface area contributed by atoms with Gasteiger partial charge in [-0.2, -0.15) is 0 Å². The highest BCUT2D eigenvalue weighted by atomic mass is 35.5. The summed E-state index contributed by atoms with van der Waals surface area (Å²) < 4.78 is 5.94. The Labute approximate surface area is 172 Å². The number of halogens is 1. The van der Waals surface area contributed by atoms with E-state index < -0.39 is 6.04 Å². The van der Waals surface area contributed by atoms with Gasteiger partial charge in [0.05, 0.1) is 12.6 Å². The lowest BCUT2D eigenvalue weighted by molar-refractivity contribution is -0.127. The summed E-state index contributed by atoms with van der Waals surface area (Å²) in [5.74, 6) is 0.810. The zero-order valence-electron chi connectivity index (χ0n) is 16.4. The highest BCUT2D eigenvalue weighted by Gasteiger charge is 2.17. The van der Waals surface area contributed by atoms with Crippen LogP contribution >= 0.6 is 12.4 Å². The lowest BCUT2D eigenvalue weighted by Gasteiger charge is -2.15. The van der Waals surface area contributed by atoms with Crippen molar-refractivity contribution in [3.05, 3.63) is 59.7 Å². The van der Waals surface area contributed by atoms with Gasteiger partial charge in [0.25, 0.3) is 0 Å². The maximum atomic E-state index is 12.0. The van der Waals surface area contributed by atoms with E-state index in [9.17, 15) is 9.59 Å². The number of ether oxygens (including phenoxy) is 1. The van der Waals surface area contributed by atoms with Crippen LogP contribution in [0.4, 0.5) is 0 Å². The average molecular weight is 406 g/mol. The van der Waals surface area contributed by atoms with Crippen LogP contribution < -0.4 is 21.1 Å². The summed E-state index contributed by atoms with van der Waals surface area (Å²) in [6, 6.07) is 14.6. The number of para-hydroxylation sites is 1. The quantitative estimate of drug-likeness (QED) is 0.629. The Morgan fingerprint density at radius 2 is 1.79 bits per heavy atom. The number of nitrogens with two attached hydrogens (primary N) is 1. The Morgan fingerprint density at radius 1 is 1.07 bits per heavy atom. The molecule has 0 aliphatic rings. The Balaban J connectivity index is 0.00000392. The number of hydrogen-bond donors (Lipinski definition) is 3. The second-order valence-electron chi connectivity index (χ2n) is 6.79. The van der Waals surface area contributed by atoms with Crippen molar-refractivity contribution < 1.29 is 14.3 Å². The molecular weight excluding hydrogens is 378 g/mol. The van der Waals surface area contributed by atoms with Crippen LogP contribution in [0.2, 0.25) is 0 Å². The maximum Gasteiger partial charge on any atom is 0.239 e. The molecule has 152 valence electrons. The van der Waals surface area contributed by atoms with Crippen molar-refractivity contribution in [3.63, 3.8) is 0 Å². The first-order valence-electron chi connectivity index (χ1n) is 8.99. The van der Waals surface area contributed by atoms with Crippen LogP contribution in [-0.2, 0) is 16.1 Å². The molecule has 0 aliphatic heterocycles. The van der Waals surface area contributed by atoms with Crippen LogP contribution in [0.15, 0.2) is 48.5 Å². The Kier molecular flexibility index (Phi) is 9.48. The molecule has 2 rings (SSSR count). The van der Waals surface area contributed by atoms with Gasteiger partial charge in [-0.3, -0.25) is 9.59 Å². The molecule has 0 heterocycles. The van der Waals surface area contributed by atoms with E-state index in [2.05, 4.69) is 10.6 Å². The number of hydrogen-bond acceptors (Lipinski definition) is 4. The fourth-order valence-corrected chi connectivity index (χ4v) is 2.40. The minimum Gasteiger partial charge on any atom is -0.457 e. The van der Waals surface area contributed by atoms with Crippen LogP contribution in [-0.4, -0.2) is 24.4 Å². The fraction of sp³-hybridized carbons (Fsp3) is 0.333. The first-order chi connectivity index (χ1) is 12.9. The second-order valence-corrected chi connectivity index (χ2v) is 6.79. The van der Waals surface area contributed by atoms with Crippen LogP contribution in [0, 0.1) is 12.8 Å². The maximum absolute atomic E-state index is 12.0. The summed E-state index contributed by atoms with van der Waals surface area (Å²) >= 11 is 0. The van der Waals surface area contributed by atoms with Crippen molar-refractivity contribution in [1.29, 1.82) is 0 Å². The van der Waals surface area contributed by atoms with E-state index in [4.69, 9.17) is 10.5 Å². The molecule has 0 aromatic heterocycles. The largest absolute Gasteiger partial charge is 0.457 e. The van der Waals surface area contributed by atoms with Gasteiger partial charge in [0.1, 0.15) is 11.5 Å². The number of nitrogens with one attached hydrogen (secondary N) is 2. The smallest absolute Gasteiger partial charge is 0.239 e. The zero-order chi connectivity index (χ0) is 19.8. The van der Waals surface area contributed by atoms with Crippen molar-refractivity contribution >= 4 is 24.2 Å². The van der Waals surface area contributed by atoms with Crippen molar-refractivity contribution in [1.82, 2.24) is 10.6 Å². The highest BCUT2D eigenvalue weighted by Crippen LogP contribution is 2.25. The van der Waals surface area contributed by atoms with E-state index in [1.54, 1.807) is 0 Å². The SMILES string of the molecule is Cc1cccc(Oc2ccccc2CNC(=O)CNC(=O)[C@@H](N)C(C)C)c1.Cl. The normalized spacial score (nSPS) is 11.3. The molecule has 0 saturated heterocycles. The van der Waals surface area contributed by atoms with E-state index in [0.29, 0.717) is 12.3 Å². The van der Waals surface area contributed by atoms with E-state index in [0.717, 1.165) is 16.9 Å². The molecule has 0 spiro atoms. The van der Waals surface area contributed by atoms with Gasteiger partial charge < -0.3 is 21.1 Å². The molecule has 2 amide bonds. The van der Waals surface area contributed by atoms with Crippen molar-refractivity contribution in [2.45, 2.75) is 33.4 Å². The van der Waals surface area contributed by atoms with Crippen LogP contribution in [0.1, 0.15) is 25.0 Å². The molecule has 2 aromatic carbocycles. The van der Waals surface area contributed by atoms with Gasteiger partial charge in [-0.15, -0.1) is 12.4 Å². The number of carbonyl (C=O) groups is 2. The molecule has 4 N–H and O–H groups in total. The van der Waals surface area contributed by atoms with E-state index in [-0.39, 0.29) is 36.7 Å². The molecule has 0 unspecified atom stereocenters. The third-order valence-electron chi connectivity index (χ3n) is 4.11. The predicted molar refractivity (Wildman–Crippen MR) is 113 cm³/mol. The number of rotatable bonds is 8. The van der Waals surface area contributed by atoms with Crippen molar-refractivity contribution in [2.75, 3.05) is 6.54 Å². The molecular formula is C21H28ClN3O3. The van der Waals surface area contributed by atoms with E-state index >= 15 is 0 Å². The van der Waals surface area contributed by atoms with Crippen molar-refractivity contribution in [2.24, 2.45) is 11.7 Å². The Hall–Kier alpha value is -2.57. The molecule has 28 heavy (non-hydrogen) atoms. The number of aryl methyl sites for hydroxylation is 1. The lowest BCUT2D eigenvalue weighted by Crippen LogP contribution is -2.47. The number of benzene rings is 2. The molecule has 0 radical (unpaired) electrons. The molecule has 2 aromatic rings. The Morgan fingerprint density at radius 3 is 2.46 bits per heavy atom. The predicted octanol–water partition coefficient (Wildman–Crippen LogP) is 2.92. The molecule has 7 heteroatoms. The average Bonchev–Trinajstić information content (AvgIpc) is 2.64. The lowest BCUT2D eigenvalue weighted by atomic mass is 10.1. The fourth-order valence-electron chi connectivity index (χ4n) is 2.40. The summed E-state index contributed by atoms with van der Waals surface area (Å²) in [7, 11) is 0. The van der Waals surface area contributed by atoms with Gasteiger partial charge >= 0.3 is 0 Å². The van der Waals surface area contributed by atoms with Gasteiger partial charge in [0, 0.05) is 12.1 Å². The minimum atomic E-state index is -0.624. The monoisotopic (exact) mass is 405 g/mol. The van der Waals surface area contributed by atoms with Crippen molar-refractivity contribution in [3.8, 4) is 11.5 Å². The first-order valence-corrected chi connectivity index (χ1v) is 8.99. The molecule has 1 atom stereocenters. The van der Waals surface area contributed by atoms with Crippen LogP contribution in [0.25, 0.3) is 0 Å². The summed E-state index contributed by atoms with van der Waals surface area (Å²) in [6.07, 6.45) is 0. The number of carbonyl (C=O) groups excluding carboxylic acids is 2. The standard InChI is InChI=1S/C21H27N3O3.ClH/c1-14(2)20(22)21(26)24-13-19(25)23-12-16-8-4-5-10-18(16)27-17-9-6-7-15(3)11-17;/h4-11,14,20H,12-13,22H2,1-3H3,(H,23,25)(H,24,26);1H/t20-;/m0./s1. The topological polar surface area (TPSA) is 93.5 Å². The molecule has 0 bridgehead atoms. The summed E-state index contributed by atoms with van der Waals surface area (Å²) in [4.78, 5) is 23.8. The molecule has 0 saturated carbocycles. The molecule has 6 nitrogen and oxygen atoms in total. The third-order valence-corrected chi connectivity index (χ3v) is 4.11. The van der Waals surface area contributed by atoms with Gasteiger partial charge in [-0.1, -0.05) is 44.2 Å². The first kappa shape index (κ1) is 23.5. The molecule has 0 fully saturated rings. The summed E-state index contributed by atoms with van der Waals surface area (Å²) in [5.41, 5.74) is 7.70. The second kappa shape index (κ2) is 11.3. The van der Waals surface area contributed by atoms with Gasteiger partial charge in [-0.05, 0) is 36.6 Å². The summed E-state index contributed by atoms with van der Waals surface area (Å²) in [6.45, 7) is 5.90. The van der Waals surface area contributed by atoms with E-state index in [1.165, 1.54) is 0 Å². The van der Waals surface area contributed by atoms with E-state index in [1.807, 2.05) is 69.3 Å². The highest BCUT2D eigenvalue weighted by molar-refractivity contribution is 5.87. The van der Waals surface area contributed by atoms with Crippen LogP contribution in [0.5, 0.6) is 11.5 Å². The molecule has 0 aliphatic carbocycles.